The number of amides is 1. The molecule has 0 aliphatic carbocycles. The van der Waals surface area contributed by atoms with Crippen LogP contribution in [0.3, 0.4) is 0 Å². The second kappa shape index (κ2) is 12.0. The zero-order valence-electron chi connectivity index (χ0n) is 19.1. The molecule has 1 amide bonds. The molecule has 1 aliphatic heterocycles. The minimum Gasteiger partial charge on any atom is -0.508 e. The Morgan fingerprint density at radius 2 is 1.77 bits per heavy atom. The van der Waals surface area contributed by atoms with E-state index in [1.807, 2.05) is 13.8 Å². The molecule has 10 nitrogen and oxygen atoms in total. The number of aliphatic hydroxyl groups excluding tert-OH is 1. The number of fused-ring (bicyclic) bond motifs is 1. The minimum atomic E-state index is -1.26. The number of anilines is 1. The van der Waals surface area contributed by atoms with Crippen molar-refractivity contribution in [3.05, 3.63) is 65.5 Å². The lowest BCUT2D eigenvalue weighted by molar-refractivity contribution is -0.134. The van der Waals surface area contributed by atoms with Gasteiger partial charge in [-0.3, -0.25) is 4.79 Å². The summed E-state index contributed by atoms with van der Waals surface area (Å²) in [6, 6.07) is 9.12. The molecule has 0 spiro atoms. The SMILES string of the molecule is CC(C)(Cc1ccc(F)cc1)NC[C@H](O)c1cc(O)cc2c1OCC(=O)N2.O=C(O)/C=C/C(=O)O. The topological polar surface area (TPSA) is 165 Å². The lowest BCUT2D eigenvalue weighted by Crippen LogP contribution is -2.43. The molecule has 0 radical (unpaired) electrons. The van der Waals surface area contributed by atoms with Crippen LogP contribution in [0.2, 0.25) is 0 Å². The number of carboxylic acid groups (broad SMARTS) is 2. The van der Waals surface area contributed by atoms with Crippen molar-refractivity contribution in [1.29, 1.82) is 0 Å². The molecule has 188 valence electrons. The smallest absolute Gasteiger partial charge is 0.328 e. The van der Waals surface area contributed by atoms with Crippen molar-refractivity contribution in [2.45, 2.75) is 31.9 Å². The van der Waals surface area contributed by atoms with E-state index in [0.717, 1.165) is 5.56 Å². The van der Waals surface area contributed by atoms with Crippen LogP contribution < -0.4 is 15.4 Å². The van der Waals surface area contributed by atoms with Crippen molar-refractivity contribution >= 4 is 23.5 Å². The quantitative estimate of drug-likeness (QED) is 0.304. The molecule has 11 heteroatoms. The van der Waals surface area contributed by atoms with E-state index in [9.17, 15) is 29.0 Å². The standard InChI is InChI=1S/C20H23FN2O4.C4H4O4/c1-20(2,9-12-3-5-13(21)6-4-12)22-10-17(25)15-7-14(24)8-16-19(15)27-11-18(26)23-16;5-3(6)1-2-4(7)8/h3-8,17,22,24-25H,9-11H2,1-2H3,(H,23,26);1-2H,(H,5,6)(H,7,8)/b;2-1+/t17-;/m0./s1. The van der Waals surface area contributed by atoms with Gasteiger partial charge in [-0.05, 0) is 44.0 Å². The third kappa shape index (κ3) is 9.07. The summed E-state index contributed by atoms with van der Waals surface area (Å²) in [7, 11) is 0. The highest BCUT2D eigenvalue weighted by Crippen LogP contribution is 2.38. The third-order valence-corrected chi connectivity index (χ3v) is 4.78. The highest BCUT2D eigenvalue weighted by Gasteiger charge is 2.26. The summed E-state index contributed by atoms with van der Waals surface area (Å²) < 4.78 is 18.5. The summed E-state index contributed by atoms with van der Waals surface area (Å²) in [5.74, 6) is -2.82. The van der Waals surface area contributed by atoms with E-state index in [1.54, 1.807) is 12.1 Å². The van der Waals surface area contributed by atoms with Gasteiger partial charge in [0.25, 0.3) is 5.91 Å². The van der Waals surface area contributed by atoms with Crippen LogP contribution in [0, 0.1) is 5.82 Å². The Balaban J connectivity index is 0.000000466. The fourth-order valence-corrected chi connectivity index (χ4v) is 3.26. The number of halogens is 1. The number of aliphatic carboxylic acids is 2. The van der Waals surface area contributed by atoms with E-state index >= 15 is 0 Å². The number of carboxylic acids is 2. The molecule has 0 fully saturated rings. The highest BCUT2D eigenvalue weighted by atomic mass is 19.1. The summed E-state index contributed by atoms with van der Waals surface area (Å²) in [5.41, 5.74) is 1.36. The molecule has 2 aromatic carbocycles. The molecule has 35 heavy (non-hydrogen) atoms. The van der Waals surface area contributed by atoms with Crippen molar-refractivity contribution in [3.63, 3.8) is 0 Å². The van der Waals surface area contributed by atoms with Gasteiger partial charge in [0.2, 0.25) is 0 Å². The van der Waals surface area contributed by atoms with Gasteiger partial charge < -0.3 is 35.8 Å². The van der Waals surface area contributed by atoms with Gasteiger partial charge in [-0.25, -0.2) is 14.0 Å². The molecule has 2 aromatic rings. The zero-order chi connectivity index (χ0) is 26.2. The molecule has 6 N–H and O–H groups in total. The van der Waals surface area contributed by atoms with E-state index < -0.39 is 18.0 Å². The second-order valence-corrected chi connectivity index (χ2v) is 8.34. The lowest BCUT2D eigenvalue weighted by Gasteiger charge is -2.29. The molecule has 0 bridgehead atoms. The Labute approximate surface area is 200 Å². The van der Waals surface area contributed by atoms with E-state index in [4.69, 9.17) is 14.9 Å². The van der Waals surface area contributed by atoms with Crippen molar-refractivity contribution in [3.8, 4) is 11.5 Å². The number of hydrogen-bond donors (Lipinski definition) is 6. The molecule has 1 heterocycles. The van der Waals surface area contributed by atoms with Crippen LogP contribution in [-0.2, 0) is 20.8 Å². The first kappa shape index (κ1) is 27.3. The van der Waals surface area contributed by atoms with Gasteiger partial charge in [0.1, 0.15) is 17.3 Å². The fraction of sp³-hybridized carbons (Fsp3) is 0.292. The largest absolute Gasteiger partial charge is 0.508 e. The number of aliphatic hydroxyl groups is 1. The Kier molecular flexibility index (Phi) is 9.32. The van der Waals surface area contributed by atoms with Gasteiger partial charge in [0, 0.05) is 35.9 Å². The lowest BCUT2D eigenvalue weighted by atomic mass is 9.94. The van der Waals surface area contributed by atoms with Gasteiger partial charge in [-0.1, -0.05) is 12.1 Å². The third-order valence-electron chi connectivity index (χ3n) is 4.78. The van der Waals surface area contributed by atoms with E-state index in [0.29, 0.717) is 35.6 Å². The number of phenolic OH excluding ortho intramolecular Hbond substituents is 1. The van der Waals surface area contributed by atoms with Crippen LogP contribution in [0.25, 0.3) is 0 Å². The number of β-amino-alcohol motifs (C(OH)–C–C–N with tert-alkyl or cyclic N) is 1. The Bertz CT molecular complexity index is 1080. The zero-order valence-corrected chi connectivity index (χ0v) is 19.1. The summed E-state index contributed by atoms with van der Waals surface area (Å²) in [5, 5.41) is 42.0. The van der Waals surface area contributed by atoms with Gasteiger partial charge >= 0.3 is 11.9 Å². The molecule has 0 aromatic heterocycles. The first-order valence-electron chi connectivity index (χ1n) is 10.5. The van der Waals surface area contributed by atoms with Crippen LogP contribution in [-0.4, -0.2) is 57.0 Å². The molecule has 0 unspecified atom stereocenters. The van der Waals surface area contributed by atoms with Crippen LogP contribution in [0.15, 0.2) is 48.6 Å². The number of carbonyl (C=O) groups excluding carboxylic acids is 1. The maximum Gasteiger partial charge on any atom is 0.328 e. The molecule has 3 rings (SSSR count). The van der Waals surface area contributed by atoms with Crippen LogP contribution >= 0.6 is 0 Å². The Hall–Kier alpha value is -3.96. The number of rotatable bonds is 8. The number of ether oxygens (including phenoxy) is 1. The number of nitrogens with one attached hydrogen (secondary N) is 2. The normalized spacial score (nSPS) is 13.7. The monoisotopic (exact) mass is 490 g/mol. The average Bonchev–Trinajstić information content (AvgIpc) is 2.77. The van der Waals surface area contributed by atoms with Crippen LogP contribution in [0.4, 0.5) is 10.1 Å². The number of hydrogen-bond acceptors (Lipinski definition) is 7. The van der Waals surface area contributed by atoms with Crippen LogP contribution in [0.5, 0.6) is 11.5 Å². The van der Waals surface area contributed by atoms with Crippen molar-refractivity contribution in [1.82, 2.24) is 5.32 Å². The van der Waals surface area contributed by atoms with Gasteiger partial charge in [-0.15, -0.1) is 0 Å². The molecule has 0 saturated carbocycles. The summed E-state index contributed by atoms with van der Waals surface area (Å²) in [6.07, 6.45) is 0.809. The number of carbonyl (C=O) groups is 3. The van der Waals surface area contributed by atoms with Gasteiger partial charge in [0.15, 0.2) is 6.61 Å². The van der Waals surface area contributed by atoms with Crippen molar-refractivity contribution in [2.24, 2.45) is 0 Å². The molecule has 1 atom stereocenters. The maximum absolute atomic E-state index is 13.0. The predicted molar refractivity (Wildman–Crippen MR) is 124 cm³/mol. The first-order valence-corrected chi connectivity index (χ1v) is 10.5. The summed E-state index contributed by atoms with van der Waals surface area (Å²) in [4.78, 5) is 30.6. The fourth-order valence-electron chi connectivity index (χ4n) is 3.26. The number of aromatic hydroxyl groups is 1. The van der Waals surface area contributed by atoms with E-state index in [-0.39, 0.29) is 36.2 Å². The first-order chi connectivity index (χ1) is 16.4. The minimum absolute atomic E-state index is 0.0702. The molecular weight excluding hydrogens is 463 g/mol. The Morgan fingerprint density at radius 1 is 1.17 bits per heavy atom. The predicted octanol–water partition coefficient (Wildman–Crippen LogP) is 2.22. The van der Waals surface area contributed by atoms with Gasteiger partial charge in [0.05, 0.1) is 11.8 Å². The molecule has 0 saturated heterocycles. The molecular formula is C24H27FN2O8. The summed E-state index contributed by atoms with van der Waals surface area (Å²) in [6.45, 7) is 4.04. The van der Waals surface area contributed by atoms with Gasteiger partial charge in [-0.2, -0.15) is 0 Å². The Morgan fingerprint density at radius 3 is 2.34 bits per heavy atom. The number of benzene rings is 2. The number of phenols is 1. The maximum atomic E-state index is 13.0. The van der Waals surface area contributed by atoms with Crippen molar-refractivity contribution < 1.29 is 43.9 Å². The van der Waals surface area contributed by atoms with Crippen molar-refractivity contribution in [2.75, 3.05) is 18.5 Å². The van der Waals surface area contributed by atoms with E-state index in [2.05, 4.69) is 10.6 Å². The average molecular weight is 490 g/mol. The highest BCUT2D eigenvalue weighted by molar-refractivity contribution is 5.96. The summed E-state index contributed by atoms with van der Waals surface area (Å²) >= 11 is 0. The molecule has 1 aliphatic rings. The second-order valence-electron chi connectivity index (χ2n) is 8.34. The van der Waals surface area contributed by atoms with Crippen LogP contribution in [0.1, 0.15) is 31.1 Å². The van der Waals surface area contributed by atoms with E-state index in [1.165, 1.54) is 24.3 Å².